The summed E-state index contributed by atoms with van der Waals surface area (Å²) in [5.41, 5.74) is -0.617. The minimum absolute atomic E-state index is 0.0656. The molecule has 0 aromatic heterocycles. The zero-order valence-corrected chi connectivity index (χ0v) is 17.0. The lowest BCUT2D eigenvalue weighted by atomic mass is 9.90. The highest BCUT2D eigenvalue weighted by atomic mass is 19.4. The van der Waals surface area contributed by atoms with Crippen molar-refractivity contribution in [1.29, 1.82) is 0 Å². The highest BCUT2D eigenvalue weighted by Gasteiger charge is 2.32. The van der Waals surface area contributed by atoms with Crippen LogP contribution in [0.4, 0.5) is 22.0 Å². The van der Waals surface area contributed by atoms with Crippen LogP contribution in [0.3, 0.4) is 0 Å². The molecule has 0 heterocycles. The van der Waals surface area contributed by atoms with Gasteiger partial charge in [0.1, 0.15) is 0 Å². The van der Waals surface area contributed by atoms with Crippen molar-refractivity contribution < 1.29 is 36.6 Å². The fourth-order valence-electron chi connectivity index (χ4n) is 3.41. The molecule has 2 aromatic rings. The molecule has 0 bridgehead atoms. The number of rotatable bonds is 7. The summed E-state index contributed by atoms with van der Waals surface area (Å²) in [6.07, 6.45) is -5.29. The number of benzene rings is 2. The van der Waals surface area contributed by atoms with E-state index in [-0.39, 0.29) is 28.8 Å². The summed E-state index contributed by atoms with van der Waals surface area (Å²) < 4.78 is 68.2. The van der Waals surface area contributed by atoms with Crippen LogP contribution in [-0.4, -0.2) is 30.6 Å². The number of halogens is 5. The molecule has 0 saturated heterocycles. The number of aryl methyl sites for hydroxylation is 2. The molecule has 0 aliphatic carbocycles. The van der Waals surface area contributed by atoms with E-state index < -0.39 is 53.3 Å². The Morgan fingerprint density at radius 3 is 2.13 bits per heavy atom. The van der Waals surface area contributed by atoms with E-state index in [1.54, 1.807) is 0 Å². The van der Waals surface area contributed by atoms with E-state index in [1.165, 1.54) is 20.9 Å². The number of carboxylic acid groups (broad SMARTS) is 1. The summed E-state index contributed by atoms with van der Waals surface area (Å²) in [6, 6.07) is 2.38. The van der Waals surface area contributed by atoms with Gasteiger partial charge in [-0.3, -0.25) is 9.59 Å². The predicted molar refractivity (Wildman–Crippen MR) is 103 cm³/mol. The molecule has 10 heteroatoms. The highest BCUT2D eigenvalue weighted by molar-refractivity contribution is 5.80. The van der Waals surface area contributed by atoms with Crippen LogP contribution in [0.25, 0.3) is 11.1 Å². The second-order valence-electron chi connectivity index (χ2n) is 7.09. The molecule has 168 valence electrons. The van der Waals surface area contributed by atoms with Gasteiger partial charge in [-0.05, 0) is 67.4 Å². The van der Waals surface area contributed by atoms with Crippen LogP contribution in [0, 0.1) is 25.5 Å². The smallest absolute Gasteiger partial charge is 0.416 e. The first kappa shape index (κ1) is 24.3. The maximum Gasteiger partial charge on any atom is 0.416 e. The quantitative estimate of drug-likeness (QED) is 0.562. The third kappa shape index (κ3) is 5.78. The number of hydrogen-bond donors (Lipinski definition) is 3. The molecular formula is C21H21F5N2O3. The molecule has 1 amide bonds. The summed E-state index contributed by atoms with van der Waals surface area (Å²) in [7, 11) is 1.48. The standard InChI is InChI=1S/C21H21F5N2O3/c1-10-4-13(21(24,25)26)5-11(2)19(10)12-6-14(20(23)15(22)7-12)16(8-18(30)31)28-17(29)9-27-3/h4-7,16,27H,8-9H2,1-3H3,(H,28,29)(H,30,31). The maximum absolute atomic E-state index is 14.6. The van der Waals surface area contributed by atoms with Gasteiger partial charge in [-0.15, -0.1) is 0 Å². The van der Waals surface area contributed by atoms with Crippen molar-refractivity contribution in [3.8, 4) is 11.1 Å². The third-order valence-electron chi connectivity index (χ3n) is 4.63. The van der Waals surface area contributed by atoms with E-state index in [2.05, 4.69) is 10.6 Å². The van der Waals surface area contributed by atoms with Gasteiger partial charge in [-0.1, -0.05) is 0 Å². The third-order valence-corrected chi connectivity index (χ3v) is 4.63. The van der Waals surface area contributed by atoms with Crippen LogP contribution >= 0.6 is 0 Å². The second-order valence-corrected chi connectivity index (χ2v) is 7.09. The minimum atomic E-state index is -4.57. The average Bonchev–Trinajstić information content (AvgIpc) is 2.62. The normalized spacial score (nSPS) is 12.5. The Bertz CT molecular complexity index is 982. The van der Waals surface area contributed by atoms with Crippen LogP contribution in [0.2, 0.25) is 0 Å². The van der Waals surface area contributed by atoms with Gasteiger partial charge in [-0.25, -0.2) is 8.78 Å². The van der Waals surface area contributed by atoms with Crippen molar-refractivity contribution in [2.24, 2.45) is 0 Å². The second kappa shape index (κ2) is 9.42. The van der Waals surface area contributed by atoms with E-state index in [4.69, 9.17) is 5.11 Å². The van der Waals surface area contributed by atoms with E-state index in [0.29, 0.717) is 0 Å². The number of alkyl halides is 3. The van der Waals surface area contributed by atoms with Crippen molar-refractivity contribution in [2.45, 2.75) is 32.5 Å². The fraction of sp³-hybridized carbons (Fsp3) is 0.333. The molecule has 0 spiro atoms. The van der Waals surface area contributed by atoms with E-state index in [9.17, 15) is 31.5 Å². The largest absolute Gasteiger partial charge is 0.481 e. The zero-order valence-electron chi connectivity index (χ0n) is 17.0. The minimum Gasteiger partial charge on any atom is -0.481 e. The van der Waals surface area contributed by atoms with Crippen LogP contribution in [0.15, 0.2) is 24.3 Å². The first-order chi connectivity index (χ1) is 14.3. The number of carbonyl (C=O) groups is 2. The molecule has 1 atom stereocenters. The van der Waals surface area contributed by atoms with Crippen molar-refractivity contribution in [2.75, 3.05) is 13.6 Å². The Labute approximate surface area is 175 Å². The van der Waals surface area contributed by atoms with E-state index in [1.807, 2.05) is 0 Å². The Kier molecular flexibility index (Phi) is 7.37. The summed E-state index contributed by atoms with van der Waals surface area (Å²) >= 11 is 0. The van der Waals surface area contributed by atoms with Gasteiger partial charge in [0.15, 0.2) is 11.6 Å². The Balaban J connectivity index is 2.63. The first-order valence-electron chi connectivity index (χ1n) is 9.18. The van der Waals surface area contributed by atoms with Crippen molar-refractivity contribution in [3.63, 3.8) is 0 Å². The van der Waals surface area contributed by atoms with E-state index >= 15 is 0 Å². The average molecular weight is 444 g/mol. The molecule has 1 unspecified atom stereocenters. The molecular weight excluding hydrogens is 423 g/mol. The van der Waals surface area contributed by atoms with Crippen LogP contribution in [0.1, 0.15) is 34.7 Å². The van der Waals surface area contributed by atoms with Crippen molar-refractivity contribution in [3.05, 3.63) is 58.2 Å². The number of aliphatic carboxylic acids is 1. The maximum atomic E-state index is 14.6. The molecule has 0 aliphatic rings. The lowest BCUT2D eigenvalue weighted by molar-refractivity contribution is -0.138. The lowest BCUT2D eigenvalue weighted by Gasteiger charge is -2.21. The molecule has 31 heavy (non-hydrogen) atoms. The SMILES string of the molecule is CNCC(=O)NC(CC(=O)O)c1cc(-c2c(C)cc(C(F)(F)F)cc2C)cc(F)c1F. The molecule has 0 radical (unpaired) electrons. The molecule has 3 N–H and O–H groups in total. The molecule has 0 fully saturated rings. The van der Waals surface area contributed by atoms with Gasteiger partial charge < -0.3 is 15.7 Å². The number of nitrogens with one attached hydrogen (secondary N) is 2. The number of carboxylic acids is 1. The first-order valence-corrected chi connectivity index (χ1v) is 9.18. The van der Waals surface area contributed by atoms with Gasteiger partial charge in [-0.2, -0.15) is 13.2 Å². The number of hydrogen-bond acceptors (Lipinski definition) is 3. The molecule has 0 saturated carbocycles. The van der Waals surface area contributed by atoms with Gasteiger partial charge in [0, 0.05) is 5.56 Å². The summed E-state index contributed by atoms with van der Waals surface area (Å²) in [5.74, 6) is -4.66. The Hall–Kier alpha value is -3.01. The van der Waals surface area contributed by atoms with Gasteiger partial charge in [0.2, 0.25) is 5.91 Å². The summed E-state index contributed by atoms with van der Waals surface area (Å²) in [6.45, 7) is 2.63. The number of amides is 1. The number of likely N-dealkylation sites (N-methyl/N-ethyl adjacent to an activating group) is 1. The summed E-state index contributed by atoms with van der Waals surface area (Å²) in [5, 5.41) is 14.0. The van der Waals surface area contributed by atoms with Crippen LogP contribution < -0.4 is 10.6 Å². The van der Waals surface area contributed by atoms with Gasteiger partial charge >= 0.3 is 12.1 Å². The van der Waals surface area contributed by atoms with E-state index in [0.717, 1.165) is 24.3 Å². The Morgan fingerprint density at radius 1 is 1.06 bits per heavy atom. The van der Waals surface area contributed by atoms with Gasteiger partial charge in [0.05, 0.1) is 24.6 Å². The molecule has 2 aromatic carbocycles. The zero-order chi connectivity index (χ0) is 23.5. The van der Waals surface area contributed by atoms with Crippen molar-refractivity contribution in [1.82, 2.24) is 10.6 Å². The highest BCUT2D eigenvalue weighted by Crippen LogP contribution is 2.37. The van der Waals surface area contributed by atoms with Crippen LogP contribution in [-0.2, 0) is 15.8 Å². The Morgan fingerprint density at radius 2 is 1.65 bits per heavy atom. The summed E-state index contributed by atoms with van der Waals surface area (Å²) in [4.78, 5) is 23.1. The molecule has 2 rings (SSSR count). The fourth-order valence-corrected chi connectivity index (χ4v) is 3.41. The lowest BCUT2D eigenvalue weighted by Crippen LogP contribution is -2.36. The topological polar surface area (TPSA) is 78.4 Å². The number of carbonyl (C=O) groups excluding carboxylic acids is 1. The van der Waals surface area contributed by atoms with Gasteiger partial charge in [0.25, 0.3) is 0 Å². The molecule has 0 aliphatic heterocycles. The molecule has 5 nitrogen and oxygen atoms in total. The monoisotopic (exact) mass is 444 g/mol. The van der Waals surface area contributed by atoms with Crippen LogP contribution in [0.5, 0.6) is 0 Å². The van der Waals surface area contributed by atoms with Crippen molar-refractivity contribution >= 4 is 11.9 Å². The predicted octanol–water partition coefficient (Wildman–Crippen LogP) is 4.12.